The molecule has 1 unspecified atom stereocenters. The summed E-state index contributed by atoms with van der Waals surface area (Å²) >= 11 is 1.61. The summed E-state index contributed by atoms with van der Waals surface area (Å²) in [5, 5.41) is 2.01. The van der Waals surface area contributed by atoms with Crippen LogP contribution in [0.4, 0.5) is 4.39 Å². The molecule has 2 heterocycles. The predicted molar refractivity (Wildman–Crippen MR) is 120 cm³/mol. The lowest BCUT2D eigenvalue weighted by atomic mass is 10.2. The maximum atomic E-state index is 13.4. The minimum Gasteiger partial charge on any atom is -0.376 e. The van der Waals surface area contributed by atoms with Crippen LogP contribution < -0.4 is 0 Å². The van der Waals surface area contributed by atoms with Gasteiger partial charge in [-0.15, -0.1) is 11.3 Å². The van der Waals surface area contributed by atoms with Crippen molar-refractivity contribution in [1.82, 2.24) is 9.80 Å². The van der Waals surface area contributed by atoms with Crippen LogP contribution in [0.2, 0.25) is 0 Å². The molecule has 1 fully saturated rings. The third-order valence-electron chi connectivity index (χ3n) is 5.53. The van der Waals surface area contributed by atoms with Crippen LogP contribution in [-0.2, 0) is 27.4 Å². The number of hydrogen-bond donors (Lipinski definition) is 0. The molecule has 1 aliphatic rings. The molecule has 2 aromatic rings. The first-order chi connectivity index (χ1) is 15.0. The van der Waals surface area contributed by atoms with Crippen molar-refractivity contribution in [3.8, 4) is 0 Å². The van der Waals surface area contributed by atoms with Crippen LogP contribution in [0.15, 0.2) is 35.7 Å². The molecule has 0 spiro atoms. The average Bonchev–Trinajstić information content (AvgIpc) is 3.40. The Labute approximate surface area is 187 Å². The second-order valence-electron chi connectivity index (χ2n) is 8.06. The summed E-state index contributed by atoms with van der Waals surface area (Å²) in [7, 11) is 0. The Bertz CT molecular complexity index is 862. The van der Waals surface area contributed by atoms with Crippen molar-refractivity contribution < 1.29 is 18.7 Å². The molecule has 0 N–H and O–H groups in total. The Morgan fingerprint density at radius 1 is 1.13 bits per heavy atom. The molecule has 1 atom stereocenters. The van der Waals surface area contributed by atoms with E-state index in [1.807, 2.05) is 25.3 Å². The van der Waals surface area contributed by atoms with E-state index in [4.69, 9.17) is 4.74 Å². The van der Waals surface area contributed by atoms with Gasteiger partial charge in [-0.05, 0) is 60.9 Å². The highest BCUT2D eigenvalue weighted by atomic mass is 32.1. The molecule has 1 saturated heterocycles. The van der Waals surface area contributed by atoms with Gasteiger partial charge < -0.3 is 14.5 Å². The molecule has 3 rings (SSSR count). The number of hydrogen-bond acceptors (Lipinski definition) is 4. The Kier molecular flexibility index (Phi) is 8.60. The monoisotopic (exact) mass is 446 g/mol. The first kappa shape index (κ1) is 23.4. The summed E-state index contributed by atoms with van der Waals surface area (Å²) in [6, 6.07) is 8.24. The predicted octanol–water partition coefficient (Wildman–Crippen LogP) is 4.53. The molecular formula is C24H31FN2O3S. The summed E-state index contributed by atoms with van der Waals surface area (Å²) in [6.07, 6.45) is 3.06. The van der Waals surface area contributed by atoms with Crippen LogP contribution in [0.25, 0.3) is 0 Å². The molecule has 1 aromatic heterocycles. The molecule has 0 aliphatic carbocycles. The van der Waals surface area contributed by atoms with Crippen molar-refractivity contribution in [3.05, 3.63) is 57.5 Å². The number of thiophene rings is 1. The third kappa shape index (κ3) is 6.87. The lowest BCUT2D eigenvalue weighted by Crippen LogP contribution is -2.45. The zero-order chi connectivity index (χ0) is 22.2. The number of ether oxygens (including phenoxy) is 1. The van der Waals surface area contributed by atoms with Crippen LogP contribution in [0.1, 0.15) is 48.6 Å². The van der Waals surface area contributed by atoms with E-state index in [1.54, 1.807) is 33.3 Å². The number of carbonyl (C=O) groups is 2. The van der Waals surface area contributed by atoms with Gasteiger partial charge in [0.05, 0.1) is 19.2 Å². The Balaban J connectivity index is 1.75. The molecule has 2 amide bonds. The van der Waals surface area contributed by atoms with Gasteiger partial charge in [-0.25, -0.2) is 4.39 Å². The second kappa shape index (κ2) is 11.4. The van der Waals surface area contributed by atoms with E-state index in [1.165, 1.54) is 12.1 Å². The normalized spacial score (nSPS) is 15.8. The maximum Gasteiger partial charge on any atom is 0.242 e. The Morgan fingerprint density at radius 2 is 1.90 bits per heavy atom. The summed E-state index contributed by atoms with van der Waals surface area (Å²) in [6.45, 7) is 6.02. The summed E-state index contributed by atoms with van der Waals surface area (Å²) in [4.78, 5) is 30.6. The number of halogens is 1. The van der Waals surface area contributed by atoms with E-state index < -0.39 is 0 Å². The summed E-state index contributed by atoms with van der Waals surface area (Å²) < 4.78 is 19.0. The highest BCUT2D eigenvalue weighted by Crippen LogP contribution is 2.20. The van der Waals surface area contributed by atoms with Gasteiger partial charge in [0.15, 0.2) is 0 Å². The van der Waals surface area contributed by atoms with E-state index in [0.717, 1.165) is 35.3 Å². The average molecular weight is 447 g/mol. The van der Waals surface area contributed by atoms with Crippen molar-refractivity contribution in [3.63, 3.8) is 0 Å². The van der Waals surface area contributed by atoms with Crippen LogP contribution in [0.3, 0.4) is 0 Å². The second-order valence-corrected chi connectivity index (χ2v) is 9.06. The zero-order valence-corrected chi connectivity index (χ0v) is 19.1. The molecule has 7 heteroatoms. The van der Waals surface area contributed by atoms with E-state index >= 15 is 0 Å². The molecule has 0 bridgehead atoms. The minimum absolute atomic E-state index is 0.00121. The van der Waals surface area contributed by atoms with E-state index in [-0.39, 0.29) is 30.3 Å². The topological polar surface area (TPSA) is 49.9 Å². The quantitative estimate of drug-likeness (QED) is 0.539. The van der Waals surface area contributed by atoms with Gasteiger partial charge in [0.25, 0.3) is 0 Å². The number of rotatable bonds is 10. The smallest absolute Gasteiger partial charge is 0.242 e. The molecule has 1 aromatic carbocycles. The minimum atomic E-state index is -0.302. The number of benzene rings is 1. The molecular weight excluding hydrogens is 415 g/mol. The van der Waals surface area contributed by atoms with E-state index in [9.17, 15) is 14.0 Å². The van der Waals surface area contributed by atoms with Gasteiger partial charge in [0.2, 0.25) is 11.8 Å². The first-order valence-corrected chi connectivity index (χ1v) is 11.8. The highest BCUT2D eigenvalue weighted by Gasteiger charge is 2.26. The van der Waals surface area contributed by atoms with Crippen LogP contribution in [0.5, 0.6) is 0 Å². The lowest BCUT2D eigenvalue weighted by Gasteiger charge is -2.29. The van der Waals surface area contributed by atoms with Gasteiger partial charge in [-0.1, -0.05) is 19.1 Å². The Hall–Kier alpha value is -2.25. The maximum absolute atomic E-state index is 13.4. The van der Waals surface area contributed by atoms with Gasteiger partial charge in [-0.3, -0.25) is 9.59 Å². The van der Waals surface area contributed by atoms with Crippen LogP contribution in [0, 0.1) is 12.7 Å². The SMILES string of the molecule is CCCC(=O)N(CC(=O)N(Cc1ccc(F)cc1)Cc1sccc1C)CC1CCCO1. The number of nitrogens with zero attached hydrogens (tertiary/aromatic N) is 2. The number of aryl methyl sites for hydroxylation is 1. The Morgan fingerprint density at radius 3 is 2.52 bits per heavy atom. The largest absolute Gasteiger partial charge is 0.376 e. The fourth-order valence-electron chi connectivity index (χ4n) is 3.71. The fraction of sp³-hybridized carbons (Fsp3) is 0.500. The molecule has 0 radical (unpaired) electrons. The van der Waals surface area contributed by atoms with Crippen LogP contribution >= 0.6 is 11.3 Å². The highest BCUT2D eigenvalue weighted by molar-refractivity contribution is 7.10. The fourth-order valence-corrected chi connectivity index (χ4v) is 4.63. The number of amides is 2. The van der Waals surface area contributed by atoms with Crippen molar-refractivity contribution in [2.24, 2.45) is 0 Å². The standard InChI is InChI=1S/C24H31FN2O3S/c1-3-5-23(28)27(15-21-6-4-12-30-21)17-24(29)26(16-22-18(2)11-13-31-22)14-19-7-9-20(25)10-8-19/h7-11,13,21H,3-6,12,14-17H2,1-2H3. The number of carbonyl (C=O) groups excluding carboxylic acids is 2. The van der Waals surface area contributed by atoms with E-state index in [2.05, 4.69) is 0 Å². The van der Waals surface area contributed by atoms with Crippen molar-refractivity contribution in [1.29, 1.82) is 0 Å². The lowest BCUT2D eigenvalue weighted by molar-refractivity contribution is -0.142. The molecule has 0 saturated carbocycles. The van der Waals surface area contributed by atoms with Gasteiger partial charge in [0.1, 0.15) is 5.82 Å². The molecule has 168 valence electrons. The van der Waals surface area contributed by atoms with Gasteiger partial charge >= 0.3 is 0 Å². The van der Waals surface area contributed by atoms with Gasteiger partial charge in [0, 0.05) is 31.0 Å². The zero-order valence-electron chi connectivity index (χ0n) is 18.3. The molecule has 31 heavy (non-hydrogen) atoms. The van der Waals surface area contributed by atoms with Crippen LogP contribution in [-0.4, -0.2) is 47.4 Å². The van der Waals surface area contributed by atoms with Crippen molar-refractivity contribution in [2.75, 3.05) is 19.7 Å². The van der Waals surface area contributed by atoms with Gasteiger partial charge in [-0.2, -0.15) is 0 Å². The van der Waals surface area contributed by atoms with E-state index in [0.29, 0.717) is 32.7 Å². The summed E-state index contributed by atoms with van der Waals surface area (Å²) in [5.41, 5.74) is 2.00. The van der Waals surface area contributed by atoms with Crippen molar-refractivity contribution >= 4 is 23.2 Å². The van der Waals surface area contributed by atoms with Crippen molar-refractivity contribution in [2.45, 2.75) is 58.7 Å². The molecule has 1 aliphatic heterocycles. The summed E-state index contributed by atoms with van der Waals surface area (Å²) in [5.74, 6) is -0.427. The first-order valence-electron chi connectivity index (χ1n) is 10.9. The third-order valence-corrected chi connectivity index (χ3v) is 6.54. The molecule has 5 nitrogen and oxygen atoms in total.